The number of nitrogens with zero attached hydrogens (tertiary/aromatic N) is 1. The molecule has 0 fully saturated rings. The van der Waals surface area contributed by atoms with Gasteiger partial charge in [0, 0.05) is 23.8 Å². The molecule has 106 valence electrons. The third-order valence-electron chi connectivity index (χ3n) is 2.78. The molecule has 20 heavy (non-hydrogen) atoms. The zero-order valence-corrected chi connectivity index (χ0v) is 12.2. The van der Waals surface area contributed by atoms with Gasteiger partial charge in [-0.2, -0.15) is 0 Å². The maximum Gasteiger partial charge on any atom is 0.203 e. The lowest BCUT2D eigenvalue weighted by Crippen LogP contribution is -2.01. The molecule has 1 aromatic carbocycles. The molecule has 0 saturated carbocycles. The predicted molar refractivity (Wildman–Crippen MR) is 77.7 cm³/mol. The normalized spacial score (nSPS) is 10.2. The lowest BCUT2D eigenvalue weighted by molar-refractivity contribution is 0.265. The van der Waals surface area contributed by atoms with Crippen molar-refractivity contribution in [1.82, 2.24) is 4.98 Å². The topological polar surface area (TPSA) is 40.6 Å². The van der Waals surface area contributed by atoms with Crippen LogP contribution in [0.4, 0.5) is 0 Å². The molecule has 0 aliphatic rings. The molecule has 0 unspecified atom stereocenters. The Kier molecular flexibility index (Phi) is 5.07. The molecule has 0 aliphatic heterocycles. The van der Waals surface area contributed by atoms with Crippen molar-refractivity contribution in [2.75, 3.05) is 14.2 Å². The van der Waals surface area contributed by atoms with E-state index in [0.29, 0.717) is 29.7 Å². The fraction of sp³-hybridized carbons (Fsp3) is 0.267. The van der Waals surface area contributed by atoms with Gasteiger partial charge < -0.3 is 14.2 Å². The highest BCUT2D eigenvalue weighted by atomic mass is 35.5. The molecule has 0 aliphatic carbocycles. The van der Waals surface area contributed by atoms with Crippen molar-refractivity contribution >= 4 is 11.6 Å². The van der Waals surface area contributed by atoms with Crippen molar-refractivity contribution in [3.05, 3.63) is 47.8 Å². The zero-order valence-electron chi connectivity index (χ0n) is 11.4. The summed E-state index contributed by atoms with van der Waals surface area (Å²) in [6.45, 7) is 0.390. The minimum Gasteiger partial charge on any atom is -0.493 e. The first-order valence-electron chi connectivity index (χ1n) is 6.11. The number of pyridine rings is 1. The van der Waals surface area contributed by atoms with Crippen LogP contribution < -0.4 is 14.2 Å². The van der Waals surface area contributed by atoms with E-state index in [0.717, 1.165) is 11.1 Å². The summed E-state index contributed by atoms with van der Waals surface area (Å²) in [5.74, 6) is 2.15. The van der Waals surface area contributed by atoms with Crippen molar-refractivity contribution in [2.24, 2.45) is 0 Å². The SMILES string of the molecule is COc1cc(CCl)cc(OC)c1OCc1cccnc1. The lowest BCUT2D eigenvalue weighted by Gasteiger charge is -2.15. The Hall–Kier alpha value is -1.94. The highest BCUT2D eigenvalue weighted by Gasteiger charge is 2.14. The fourth-order valence-electron chi connectivity index (χ4n) is 1.79. The molecule has 1 heterocycles. The largest absolute Gasteiger partial charge is 0.493 e. The summed E-state index contributed by atoms with van der Waals surface area (Å²) in [6, 6.07) is 7.49. The summed E-state index contributed by atoms with van der Waals surface area (Å²) < 4.78 is 16.5. The molecule has 0 saturated heterocycles. The minimum atomic E-state index is 0.385. The number of ether oxygens (including phenoxy) is 3. The first kappa shape index (κ1) is 14.5. The van der Waals surface area contributed by atoms with Gasteiger partial charge in [-0.1, -0.05) is 6.07 Å². The van der Waals surface area contributed by atoms with Crippen LogP contribution in [0.2, 0.25) is 0 Å². The van der Waals surface area contributed by atoms with Gasteiger partial charge in [0.25, 0.3) is 0 Å². The first-order chi connectivity index (χ1) is 9.78. The standard InChI is InChI=1S/C15H16ClNO3/c1-18-13-6-12(8-16)7-14(19-2)15(13)20-10-11-4-3-5-17-9-11/h3-7,9H,8,10H2,1-2H3. The minimum absolute atomic E-state index is 0.385. The molecule has 1 aromatic heterocycles. The summed E-state index contributed by atoms with van der Waals surface area (Å²) in [7, 11) is 3.17. The quantitative estimate of drug-likeness (QED) is 0.765. The van der Waals surface area contributed by atoms with Gasteiger partial charge in [-0.05, 0) is 23.8 Å². The highest BCUT2D eigenvalue weighted by Crippen LogP contribution is 2.39. The number of hydrogen-bond acceptors (Lipinski definition) is 4. The van der Waals surface area contributed by atoms with Crippen molar-refractivity contribution in [3.8, 4) is 17.2 Å². The van der Waals surface area contributed by atoms with E-state index in [4.69, 9.17) is 25.8 Å². The van der Waals surface area contributed by atoms with E-state index in [-0.39, 0.29) is 0 Å². The number of hydrogen-bond donors (Lipinski definition) is 0. The second-order valence-electron chi connectivity index (χ2n) is 4.11. The molecular weight excluding hydrogens is 278 g/mol. The van der Waals surface area contributed by atoms with E-state index < -0.39 is 0 Å². The van der Waals surface area contributed by atoms with Gasteiger partial charge in [-0.3, -0.25) is 4.98 Å². The molecule has 2 rings (SSSR count). The van der Waals surface area contributed by atoms with E-state index in [9.17, 15) is 0 Å². The highest BCUT2D eigenvalue weighted by molar-refractivity contribution is 6.17. The Labute approximate surface area is 123 Å². The molecule has 0 spiro atoms. The molecule has 2 aromatic rings. The van der Waals surface area contributed by atoms with Crippen LogP contribution in [0.1, 0.15) is 11.1 Å². The smallest absolute Gasteiger partial charge is 0.203 e. The molecule has 5 heteroatoms. The Morgan fingerprint density at radius 2 is 1.80 bits per heavy atom. The number of methoxy groups -OCH3 is 2. The number of alkyl halides is 1. The number of rotatable bonds is 6. The lowest BCUT2D eigenvalue weighted by atomic mass is 10.2. The van der Waals surface area contributed by atoms with Crippen LogP contribution >= 0.6 is 11.6 Å². The monoisotopic (exact) mass is 293 g/mol. The molecular formula is C15H16ClNO3. The maximum atomic E-state index is 5.85. The third kappa shape index (κ3) is 3.33. The van der Waals surface area contributed by atoms with E-state index in [1.165, 1.54) is 0 Å². The molecule has 4 nitrogen and oxygen atoms in total. The Balaban J connectivity index is 2.25. The summed E-state index contributed by atoms with van der Waals surface area (Å²) in [5, 5.41) is 0. The van der Waals surface area contributed by atoms with Crippen molar-refractivity contribution in [3.63, 3.8) is 0 Å². The second kappa shape index (κ2) is 7.01. The van der Waals surface area contributed by atoms with Gasteiger partial charge in [0.15, 0.2) is 11.5 Å². The molecule has 0 radical (unpaired) electrons. The zero-order chi connectivity index (χ0) is 14.4. The van der Waals surface area contributed by atoms with Crippen LogP contribution in [0.3, 0.4) is 0 Å². The predicted octanol–water partition coefficient (Wildman–Crippen LogP) is 3.42. The first-order valence-corrected chi connectivity index (χ1v) is 6.64. The van der Waals surface area contributed by atoms with Crippen LogP contribution in [-0.4, -0.2) is 19.2 Å². The van der Waals surface area contributed by atoms with Gasteiger partial charge in [-0.25, -0.2) is 0 Å². The van der Waals surface area contributed by atoms with Gasteiger partial charge in [0.1, 0.15) is 6.61 Å². The van der Waals surface area contributed by atoms with E-state index in [1.54, 1.807) is 26.6 Å². The van der Waals surface area contributed by atoms with Gasteiger partial charge >= 0.3 is 0 Å². The van der Waals surface area contributed by atoms with Crippen LogP contribution in [0, 0.1) is 0 Å². The molecule has 0 atom stereocenters. The molecule has 0 amide bonds. The summed E-state index contributed by atoms with van der Waals surface area (Å²) >= 11 is 5.85. The Morgan fingerprint density at radius 1 is 1.10 bits per heavy atom. The Bertz CT molecular complexity index is 535. The summed E-state index contributed by atoms with van der Waals surface area (Å²) in [5.41, 5.74) is 1.88. The van der Waals surface area contributed by atoms with Crippen LogP contribution in [0.25, 0.3) is 0 Å². The molecule has 0 bridgehead atoms. The summed E-state index contributed by atoms with van der Waals surface area (Å²) in [4.78, 5) is 4.05. The van der Waals surface area contributed by atoms with Crippen molar-refractivity contribution < 1.29 is 14.2 Å². The van der Waals surface area contributed by atoms with Crippen LogP contribution in [-0.2, 0) is 12.5 Å². The number of aromatic nitrogens is 1. The van der Waals surface area contributed by atoms with E-state index in [2.05, 4.69) is 4.98 Å². The third-order valence-corrected chi connectivity index (χ3v) is 3.09. The van der Waals surface area contributed by atoms with Gasteiger partial charge in [0.05, 0.1) is 14.2 Å². The average molecular weight is 294 g/mol. The maximum absolute atomic E-state index is 5.85. The summed E-state index contributed by atoms with van der Waals surface area (Å²) in [6.07, 6.45) is 3.48. The van der Waals surface area contributed by atoms with Crippen LogP contribution in [0.5, 0.6) is 17.2 Å². The van der Waals surface area contributed by atoms with E-state index in [1.807, 2.05) is 24.3 Å². The van der Waals surface area contributed by atoms with Crippen LogP contribution in [0.15, 0.2) is 36.7 Å². The van der Waals surface area contributed by atoms with Crippen molar-refractivity contribution in [1.29, 1.82) is 0 Å². The van der Waals surface area contributed by atoms with Gasteiger partial charge in [-0.15, -0.1) is 11.6 Å². The second-order valence-corrected chi connectivity index (χ2v) is 4.38. The number of halogens is 1. The fourth-order valence-corrected chi connectivity index (χ4v) is 1.95. The van der Waals surface area contributed by atoms with Gasteiger partial charge in [0.2, 0.25) is 5.75 Å². The van der Waals surface area contributed by atoms with E-state index >= 15 is 0 Å². The number of benzene rings is 1. The average Bonchev–Trinajstić information content (AvgIpc) is 2.52. The molecule has 0 N–H and O–H groups in total. The van der Waals surface area contributed by atoms with Crippen molar-refractivity contribution in [2.45, 2.75) is 12.5 Å². The Morgan fingerprint density at radius 3 is 2.30 bits per heavy atom.